The van der Waals surface area contributed by atoms with Crippen LogP contribution in [0.25, 0.3) is 10.2 Å². The maximum atomic E-state index is 12.7. The molecule has 2 saturated heterocycles. The van der Waals surface area contributed by atoms with Gasteiger partial charge in [0, 0.05) is 57.9 Å². The molecule has 2 aromatic carbocycles. The molecule has 8 heteroatoms. The molecule has 1 aromatic heterocycles. The molecule has 0 spiro atoms. The Balaban J connectivity index is 1.04. The molecular formula is C26H33N5O2S. The van der Waals surface area contributed by atoms with Crippen molar-refractivity contribution in [3.8, 4) is 0 Å². The van der Waals surface area contributed by atoms with Crippen LogP contribution >= 0.6 is 11.3 Å². The number of ether oxygens (including phenoxy) is 1. The average Bonchev–Trinajstić information content (AvgIpc) is 3.32. The summed E-state index contributed by atoms with van der Waals surface area (Å²) in [5.74, 6) is -0.00379. The number of carbonyl (C=O) groups is 1. The number of nitrogens with one attached hydrogen (secondary N) is 1. The van der Waals surface area contributed by atoms with E-state index in [-0.39, 0.29) is 5.91 Å². The lowest BCUT2D eigenvalue weighted by Gasteiger charge is -2.34. The van der Waals surface area contributed by atoms with Crippen LogP contribution in [0.1, 0.15) is 22.3 Å². The van der Waals surface area contributed by atoms with Crippen LogP contribution in [0.4, 0.5) is 5.13 Å². The highest BCUT2D eigenvalue weighted by Crippen LogP contribution is 2.30. The van der Waals surface area contributed by atoms with E-state index in [2.05, 4.69) is 50.3 Å². The second-order valence-corrected chi connectivity index (χ2v) is 10.0. The quantitative estimate of drug-likeness (QED) is 0.501. The molecular weight excluding hydrogens is 446 g/mol. The number of aromatic nitrogens is 1. The van der Waals surface area contributed by atoms with Crippen LogP contribution in [0.2, 0.25) is 0 Å². The first-order valence-electron chi connectivity index (χ1n) is 12.2. The molecule has 0 aliphatic carbocycles. The van der Waals surface area contributed by atoms with Crippen molar-refractivity contribution in [1.29, 1.82) is 0 Å². The molecule has 180 valence electrons. The largest absolute Gasteiger partial charge is 0.378 e. The SMILES string of the molecule is O=C(NCCCN1CCN(Cc2ccccc2)CC1)c1ccc2nc(N3CCOCC3)sc2c1. The number of nitrogens with zero attached hydrogens (tertiary/aromatic N) is 4. The number of piperazine rings is 1. The fourth-order valence-electron chi connectivity index (χ4n) is 4.56. The first-order valence-corrected chi connectivity index (χ1v) is 13.1. The molecule has 1 amide bonds. The maximum Gasteiger partial charge on any atom is 0.251 e. The topological polar surface area (TPSA) is 60.9 Å². The van der Waals surface area contributed by atoms with E-state index in [4.69, 9.17) is 9.72 Å². The number of morpholine rings is 1. The van der Waals surface area contributed by atoms with Crippen LogP contribution in [0.3, 0.4) is 0 Å². The molecule has 34 heavy (non-hydrogen) atoms. The zero-order valence-electron chi connectivity index (χ0n) is 19.6. The molecule has 0 saturated carbocycles. The van der Waals surface area contributed by atoms with E-state index in [0.717, 1.165) is 87.3 Å². The third kappa shape index (κ3) is 5.93. The Bertz CT molecular complexity index is 1080. The maximum absolute atomic E-state index is 12.7. The van der Waals surface area contributed by atoms with Gasteiger partial charge in [-0.15, -0.1) is 0 Å². The first kappa shape index (κ1) is 23.2. The van der Waals surface area contributed by atoms with Gasteiger partial charge in [-0.3, -0.25) is 9.69 Å². The Morgan fingerprint density at radius 2 is 1.74 bits per heavy atom. The number of hydrogen-bond donors (Lipinski definition) is 1. The Labute approximate surface area is 205 Å². The summed E-state index contributed by atoms with van der Waals surface area (Å²) >= 11 is 1.65. The summed E-state index contributed by atoms with van der Waals surface area (Å²) in [6.07, 6.45) is 0.967. The van der Waals surface area contributed by atoms with Gasteiger partial charge >= 0.3 is 0 Å². The van der Waals surface area contributed by atoms with Crippen LogP contribution < -0.4 is 10.2 Å². The minimum absolute atomic E-state index is 0.00379. The summed E-state index contributed by atoms with van der Waals surface area (Å²) in [6, 6.07) is 16.5. The van der Waals surface area contributed by atoms with Crippen molar-refractivity contribution in [2.24, 2.45) is 0 Å². The van der Waals surface area contributed by atoms with E-state index < -0.39 is 0 Å². The van der Waals surface area contributed by atoms with Crippen molar-refractivity contribution in [2.75, 3.05) is 70.5 Å². The molecule has 7 nitrogen and oxygen atoms in total. The summed E-state index contributed by atoms with van der Waals surface area (Å²) in [5, 5.41) is 4.11. The molecule has 3 aromatic rings. The van der Waals surface area contributed by atoms with Crippen molar-refractivity contribution >= 4 is 32.6 Å². The van der Waals surface area contributed by atoms with Gasteiger partial charge in [0.15, 0.2) is 5.13 Å². The fraction of sp³-hybridized carbons (Fsp3) is 0.462. The zero-order valence-corrected chi connectivity index (χ0v) is 20.4. The van der Waals surface area contributed by atoms with E-state index in [1.54, 1.807) is 11.3 Å². The van der Waals surface area contributed by atoms with Crippen LogP contribution in [-0.2, 0) is 11.3 Å². The van der Waals surface area contributed by atoms with Crippen molar-refractivity contribution in [2.45, 2.75) is 13.0 Å². The minimum Gasteiger partial charge on any atom is -0.378 e. The molecule has 0 atom stereocenters. The van der Waals surface area contributed by atoms with Gasteiger partial charge in [0.25, 0.3) is 5.91 Å². The molecule has 2 aliphatic rings. The number of benzene rings is 2. The highest BCUT2D eigenvalue weighted by Gasteiger charge is 2.18. The van der Waals surface area contributed by atoms with E-state index in [1.807, 2.05) is 18.2 Å². The number of amides is 1. The van der Waals surface area contributed by atoms with Crippen molar-refractivity contribution in [3.63, 3.8) is 0 Å². The van der Waals surface area contributed by atoms with Gasteiger partial charge in [-0.1, -0.05) is 41.7 Å². The monoisotopic (exact) mass is 479 g/mol. The van der Waals surface area contributed by atoms with E-state index in [1.165, 1.54) is 5.56 Å². The van der Waals surface area contributed by atoms with Crippen molar-refractivity contribution in [3.05, 3.63) is 59.7 Å². The Morgan fingerprint density at radius 3 is 2.53 bits per heavy atom. The number of carbonyl (C=O) groups excluding carboxylic acids is 1. The molecule has 5 rings (SSSR count). The predicted octanol–water partition coefficient (Wildman–Crippen LogP) is 3.07. The second kappa shape index (κ2) is 11.3. The molecule has 0 unspecified atom stereocenters. The Kier molecular flexibility index (Phi) is 7.70. The van der Waals surface area contributed by atoms with Crippen molar-refractivity contribution < 1.29 is 9.53 Å². The molecule has 0 radical (unpaired) electrons. The minimum atomic E-state index is -0.00379. The highest BCUT2D eigenvalue weighted by molar-refractivity contribution is 7.22. The van der Waals surface area contributed by atoms with E-state index in [9.17, 15) is 4.79 Å². The standard InChI is InChI=1S/C26H33N5O2S/c32-25(22-7-8-23-24(19-22)34-26(28-23)31-15-17-33-18-16-31)27-9-4-10-29-11-13-30(14-12-29)20-21-5-2-1-3-6-21/h1-3,5-8,19H,4,9-18,20H2,(H,27,32). The number of fused-ring (bicyclic) bond motifs is 1. The lowest BCUT2D eigenvalue weighted by atomic mass is 10.2. The smallest absolute Gasteiger partial charge is 0.251 e. The number of hydrogen-bond acceptors (Lipinski definition) is 7. The third-order valence-electron chi connectivity index (χ3n) is 6.57. The number of thiazole rings is 1. The number of rotatable bonds is 8. The van der Waals surface area contributed by atoms with Gasteiger partial charge in [-0.25, -0.2) is 4.98 Å². The van der Waals surface area contributed by atoms with Gasteiger partial charge in [-0.2, -0.15) is 0 Å². The first-order chi connectivity index (χ1) is 16.7. The number of anilines is 1. The molecule has 1 N–H and O–H groups in total. The molecule has 2 aliphatic heterocycles. The van der Waals surface area contributed by atoms with Crippen molar-refractivity contribution in [1.82, 2.24) is 20.1 Å². The van der Waals surface area contributed by atoms with Gasteiger partial charge in [0.2, 0.25) is 0 Å². The van der Waals surface area contributed by atoms with Crippen LogP contribution in [-0.4, -0.2) is 86.3 Å². The average molecular weight is 480 g/mol. The van der Waals surface area contributed by atoms with Crippen LogP contribution in [0, 0.1) is 0 Å². The molecule has 0 bridgehead atoms. The Morgan fingerprint density at radius 1 is 0.971 bits per heavy atom. The normalized spacial score (nSPS) is 17.8. The summed E-state index contributed by atoms with van der Waals surface area (Å²) in [6.45, 7) is 10.4. The molecule has 2 fully saturated rings. The highest BCUT2D eigenvalue weighted by atomic mass is 32.1. The zero-order chi connectivity index (χ0) is 23.2. The summed E-state index contributed by atoms with van der Waals surface area (Å²) in [7, 11) is 0. The lowest BCUT2D eigenvalue weighted by molar-refractivity contribution is 0.0947. The van der Waals surface area contributed by atoms with Gasteiger partial charge < -0.3 is 19.9 Å². The van der Waals surface area contributed by atoms with Gasteiger partial charge in [0.05, 0.1) is 23.4 Å². The third-order valence-corrected chi connectivity index (χ3v) is 7.65. The van der Waals surface area contributed by atoms with Gasteiger partial charge in [-0.05, 0) is 36.7 Å². The fourth-order valence-corrected chi connectivity index (χ4v) is 5.62. The van der Waals surface area contributed by atoms with E-state index >= 15 is 0 Å². The van der Waals surface area contributed by atoms with Gasteiger partial charge in [0.1, 0.15) is 0 Å². The van der Waals surface area contributed by atoms with Crippen LogP contribution in [0.15, 0.2) is 48.5 Å². The van der Waals surface area contributed by atoms with Crippen LogP contribution in [0.5, 0.6) is 0 Å². The lowest BCUT2D eigenvalue weighted by Crippen LogP contribution is -2.46. The Hall–Kier alpha value is -2.52. The predicted molar refractivity (Wildman–Crippen MR) is 138 cm³/mol. The molecule has 3 heterocycles. The summed E-state index contributed by atoms with van der Waals surface area (Å²) in [5.41, 5.74) is 3.04. The second-order valence-electron chi connectivity index (χ2n) is 8.99. The summed E-state index contributed by atoms with van der Waals surface area (Å²) < 4.78 is 6.49. The van der Waals surface area contributed by atoms with E-state index in [0.29, 0.717) is 12.1 Å². The summed E-state index contributed by atoms with van der Waals surface area (Å²) in [4.78, 5) is 24.7.